The lowest BCUT2D eigenvalue weighted by atomic mass is 10.2. The fourth-order valence-electron chi connectivity index (χ4n) is 1.56. The second-order valence-electron chi connectivity index (χ2n) is 3.62. The molecule has 0 spiro atoms. The number of benzene rings is 1. The molecule has 15 heavy (non-hydrogen) atoms. The van der Waals surface area contributed by atoms with Crippen LogP contribution < -0.4 is 15.4 Å². The lowest BCUT2D eigenvalue weighted by Crippen LogP contribution is -2.50. The Balaban J connectivity index is 1.79. The SMILES string of the molecule is Clc1ccc(OCC2CNCCN2)cc1. The molecule has 0 aromatic heterocycles. The summed E-state index contributed by atoms with van der Waals surface area (Å²) in [5.74, 6) is 0.867. The van der Waals surface area contributed by atoms with Gasteiger partial charge in [0.25, 0.3) is 0 Å². The number of hydrogen-bond acceptors (Lipinski definition) is 3. The van der Waals surface area contributed by atoms with Crippen molar-refractivity contribution in [3.63, 3.8) is 0 Å². The van der Waals surface area contributed by atoms with Crippen LogP contribution in [0.4, 0.5) is 0 Å². The Bertz CT molecular complexity index is 296. The molecular weight excluding hydrogens is 212 g/mol. The molecule has 0 amide bonds. The van der Waals surface area contributed by atoms with Crippen LogP contribution >= 0.6 is 11.6 Å². The maximum Gasteiger partial charge on any atom is 0.119 e. The first-order valence-corrected chi connectivity index (χ1v) is 5.55. The average Bonchev–Trinajstić information content (AvgIpc) is 2.30. The summed E-state index contributed by atoms with van der Waals surface area (Å²) in [7, 11) is 0. The Kier molecular flexibility index (Phi) is 3.83. The smallest absolute Gasteiger partial charge is 0.119 e. The van der Waals surface area contributed by atoms with E-state index in [1.54, 1.807) is 0 Å². The van der Waals surface area contributed by atoms with Crippen molar-refractivity contribution in [2.24, 2.45) is 0 Å². The van der Waals surface area contributed by atoms with Crippen molar-refractivity contribution >= 4 is 11.6 Å². The van der Waals surface area contributed by atoms with Gasteiger partial charge in [-0.1, -0.05) is 11.6 Å². The molecule has 1 aromatic carbocycles. The molecule has 1 saturated heterocycles. The van der Waals surface area contributed by atoms with Gasteiger partial charge in [0.05, 0.1) is 6.04 Å². The molecule has 1 aliphatic rings. The van der Waals surface area contributed by atoms with Gasteiger partial charge < -0.3 is 15.4 Å². The van der Waals surface area contributed by atoms with Gasteiger partial charge in [0.15, 0.2) is 0 Å². The molecule has 1 unspecified atom stereocenters. The van der Waals surface area contributed by atoms with E-state index in [9.17, 15) is 0 Å². The molecule has 1 aromatic rings. The van der Waals surface area contributed by atoms with Crippen LogP contribution in [0.1, 0.15) is 0 Å². The lowest BCUT2D eigenvalue weighted by Gasteiger charge is -2.24. The number of piperazine rings is 1. The second-order valence-corrected chi connectivity index (χ2v) is 4.06. The predicted molar refractivity (Wildman–Crippen MR) is 61.6 cm³/mol. The maximum atomic E-state index is 5.78. The van der Waals surface area contributed by atoms with Gasteiger partial charge in [-0.15, -0.1) is 0 Å². The highest BCUT2D eigenvalue weighted by Crippen LogP contribution is 2.15. The fraction of sp³-hybridized carbons (Fsp3) is 0.455. The zero-order valence-corrected chi connectivity index (χ0v) is 9.26. The minimum absolute atomic E-state index is 0.398. The van der Waals surface area contributed by atoms with Crippen LogP contribution in [-0.2, 0) is 0 Å². The molecular formula is C11H15ClN2O. The quantitative estimate of drug-likeness (QED) is 0.815. The molecule has 1 atom stereocenters. The third-order valence-corrected chi connectivity index (χ3v) is 2.64. The first kappa shape index (κ1) is 10.7. The van der Waals surface area contributed by atoms with Crippen LogP contribution in [0.2, 0.25) is 5.02 Å². The van der Waals surface area contributed by atoms with Crippen molar-refractivity contribution in [2.75, 3.05) is 26.2 Å². The van der Waals surface area contributed by atoms with E-state index in [0.29, 0.717) is 12.6 Å². The van der Waals surface area contributed by atoms with Gasteiger partial charge in [-0.25, -0.2) is 0 Å². The van der Waals surface area contributed by atoms with Crippen LogP contribution in [0.5, 0.6) is 5.75 Å². The van der Waals surface area contributed by atoms with Crippen molar-refractivity contribution < 1.29 is 4.74 Å². The van der Waals surface area contributed by atoms with Crippen molar-refractivity contribution in [3.8, 4) is 5.75 Å². The van der Waals surface area contributed by atoms with Crippen LogP contribution in [0, 0.1) is 0 Å². The van der Waals surface area contributed by atoms with Gasteiger partial charge in [-0.3, -0.25) is 0 Å². The van der Waals surface area contributed by atoms with E-state index in [0.717, 1.165) is 30.4 Å². The zero-order valence-electron chi connectivity index (χ0n) is 8.50. The average molecular weight is 227 g/mol. The van der Waals surface area contributed by atoms with E-state index >= 15 is 0 Å². The molecule has 82 valence electrons. The van der Waals surface area contributed by atoms with E-state index in [-0.39, 0.29) is 0 Å². The second kappa shape index (κ2) is 5.35. The first-order valence-electron chi connectivity index (χ1n) is 5.17. The number of rotatable bonds is 3. The highest BCUT2D eigenvalue weighted by Gasteiger charge is 2.11. The number of nitrogens with one attached hydrogen (secondary N) is 2. The Morgan fingerprint density at radius 1 is 1.27 bits per heavy atom. The number of halogens is 1. The standard InChI is InChI=1S/C11H15ClN2O/c12-9-1-3-11(4-2-9)15-8-10-7-13-5-6-14-10/h1-4,10,13-14H,5-8H2. The van der Waals surface area contributed by atoms with E-state index in [1.807, 2.05) is 24.3 Å². The molecule has 1 aliphatic heterocycles. The van der Waals surface area contributed by atoms with Crippen molar-refractivity contribution in [3.05, 3.63) is 29.3 Å². The summed E-state index contributed by atoms with van der Waals surface area (Å²) in [6.45, 7) is 3.70. The van der Waals surface area contributed by atoms with E-state index in [4.69, 9.17) is 16.3 Å². The van der Waals surface area contributed by atoms with Crippen molar-refractivity contribution in [1.29, 1.82) is 0 Å². The van der Waals surface area contributed by atoms with E-state index in [1.165, 1.54) is 0 Å². The van der Waals surface area contributed by atoms with Crippen molar-refractivity contribution in [1.82, 2.24) is 10.6 Å². The molecule has 3 nitrogen and oxygen atoms in total. The molecule has 0 bridgehead atoms. The topological polar surface area (TPSA) is 33.3 Å². The molecule has 4 heteroatoms. The normalized spacial score (nSPS) is 21.3. The summed E-state index contributed by atoms with van der Waals surface area (Å²) >= 11 is 5.78. The Morgan fingerprint density at radius 2 is 2.07 bits per heavy atom. The zero-order chi connectivity index (χ0) is 10.5. The van der Waals surface area contributed by atoms with Gasteiger partial charge >= 0.3 is 0 Å². The number of hydrogen-bond donors (Lipinski definition) is 2. The summed E-state index contributed by atoms with van der Waals surface area (Å²) in [5, 5.41) is 7.44. The Labute approximate surface area is 94.8 Å². The first-order chi connectivity index (χ1) is 7.34. The van der Waals surface area contributed by atoms with Crippen LogP contribution in [-0.4, -0.2) is 32.3 Å². The predicted octanol–water partition coefficient (Wildman–Crippen LogP) is 1.28. The number of ether oxygens (including phenoxy) is 1. The summed E-state index contributed by atoms with van der Waals surface area (Å²) in [6, 6.07) is 7.85. The van der Waals surface area contributed by atoms with Crippen LogP contribution in [0.15, 0.2) is 24.3 Å². The molecule has 0 aliphatic carbocycles. The highest BCUT2D eigenvalue weighted by atomic mass is 35.5. The third kappa shape index (κ3) is 3.38. The van der Waals surface area contributed by atoms with E-state index < -0.39 is 0 Å². The highest BCUT2D eigenvalue weighted by molar-refractivity contribution is 6.30. The van der Waals surface area contributed by atoms with Gasteiger partial charge in [0, 0.05) is 24.7 Å². The van der Waals surface area contributed by atoms with Crippen LogP contribution in [0.3, 0.4) is 0 Å². The maximum absolute atomic E-state index is 5.78. The summed E-state index contributed by atoms with van der Waals surface area (Å²) < 4.78 is 5.64. The van der Waals surface area contributed by atoms with Gasteiger partial charge in [-0.05, 0) is 24.3 Å². The van der Waals surface area contributed by atoms with Gasteiger partial charge in [-0.2, -0.15) is 0 Å². The molecule has 1 heterocycles. The summed E-state index contributed by atoms with van der Waals surface area (Å²) in [4.78, 5) is 0. The summed E-state index contributed by atoms with van der Waals surface area (Å²) in [5.41, 5.74) is 0. The molecule has 0 radical (unpaired) electrons. The molecule has 1 fully saturated rings. The molecule has 2 N–H and O–H groups in total. The third-order valence-electron chi connectivity index (χ3n) is 2.39. The molecule has 0 saturated carbocycles. The minimum Gasteiger partial charge on any atom is -0.492 e. The van der Waals surface area contributed by atoms with Gasteiger partial charge in [0.2, 0.25) is 0 Å². The monoisotopic (exact) mass is 226 g/mol. The van der Waals surface area contributed by atoms with Gasteiger partial charge in [0.1, 0.15) is 12.4 Å². The Hall–Kier alpha value is -0.770. The van der Waals surface area contributed by atoms with Crippen LogP contribution in [0.25, 0.3) is 0 Å². The minimum atomic E-state index is 0.398. The fourth-order valence-corrected chi connectivity index (χ4v) is 1.68. The Morgan fingerprint density at radius 3 is 2.73 bits per heavy atom. The largest absolute Gasteiger partial charge is 0.492 e. The lowest BCUT2D eigenvalue weighted by molar-refractivity contribution is 0.247. The van der Waals surface area contributed by atoms with E-state index in [2.05, 4.69) is 10.6 Å². The molecule has 2 rings (SSSR count). The van der Waals surface area contributed by atoms with Crippen molar-refractivity contribution in [2.45, 2.75) is 6.04 Å². The summed E-state index contributed by atoms with van der Waals surface area (Å²) in [6.07, 6.45) is 0.